The molecule has 0 atom stereocenters. The monoisotopic (exact) mass is 679 g/mol. The summed E-state index contributed by atoms with van der Waals surface area (Å²) >= 11 is 4.37. The molecule has 4 rings (SSSR count). The molecule has 1 heterocycles. The van der Waals surface area contributed by atoms with Gasteiger partial charge in [-0.25, -0.2) is 0 Å². The normalized spacial score (nSPS) is 11.1. The van der Waals surface area contributed by atoms with Crippen LogP contribution < -0.4 is 24.8 Å². The van der Waals surface area contributed by atoms with E-state index < -0.39 is 23.6 Å². The molecule has 1 aromatic heterocycles. The number of ether oxygens (including phenoxy) is 3. The predicted molar refractivity (Wildman–Crippen MR) is 157 cm³/mol. The lowest BCUT2D eigenvalue weighted by Gasteiger charge is -2.15. The zero-order valence-corrected chi connectivity index (χ0v) is 25.4. The van der Waals surface area contributed by atoms with E-state index in [1.807, 2.05) is 0 Å². The fraction of sp³-hybridized carbons (Fsp3) is 0.214. The van der Waals surface area contributed by atoms with Gasteiger partial charge in [-0.15, -0.1) is 10.2 Å². The lowest BCUT2D eigenvalue weighted by molar-refractivity contribution is -0.137. The molecule has 0 aliphatic rings. The summed E-state index contributed by atoms with van der Waals surface area (Å²) in [7, 11) is 4.33. The molecule has 2 N–H and O–H groups in total. The second-order valence-electron chi connectivity index (χ2n) is 8.69. The molecule has 0 saturated carbocycles. The molecule has 0 bridgehead atoms. The third kappa shape index (κ3) is 7.59. The summed E-state index contributed by atoms with van der Waals surface area (Å²) in [6.45, 7) is -0.0513. The number of rotatable bonds is 11. The number of nitrogens with one attached hydrogen (secondary N) is 2. The number of nitrogens with zero attached hydrogens (tertiary/aromatic N) is 3. The number of anilines is 1. The maximum atomic E-state index is 13.3. The SMILES string of the molecule is COc1cc(C(=O)NCc2nnc(SCC(=O)Nc3ccccc3C(F)(F)F)n2-c2ccc(Br)cc2)cc(OC)c1OC. The molecule has 0 aliphatic carbocycles. The van der Waals surface area contributed by atoms with Gasteiger partial charge in [-0.1, -0.05) is 39.8 Å². The number of alkyl halides is 3. The molecule has 3 aromatic carbocycles. The quantitative estimate of drug-likeness (QED) is 0.193. The van der Waals surface area contributed by atoms with Crippen molar-refractivity contribution in [2.24, 2.45) is 0 Å². The highest BCUT2D eigenvalue weighted by Gasteiger charge is 2.33. The number of methoxy groups -OCH3 is 3. The maximum Gasteiger partial charge on any atom is 0.418 e. The van der Waals surface area contributed by atoms with Gasteiger partial charge in [0.25, 0.3) is 5.91 Å². The number of carbonyl (C=O) groups is 2. The zero-order valence-electron chi connectivity index (χ0n) is 23.0. The Bertz CT molecular complexity index is 1590. The van der Waals surface area contributed by atoms with Crippen LogP contribution in [0.2, 0.25) is 0 Å². The first kappa shape index (κ1) is 31.7. The van der Waals surface area contributed by atoms with Crippen LogP contribution in [0.4, 0.5) is 18.9 Å². The average molecular weight is 681 g/mol. The summed E-state index contributed by atoms with van der Waals surface area (Å²) in [6, 6.07) is 14.9. The van der Waals surface area contributed by atoms with Gasteiger partial charge in [-0.05, 0) is 48.5 Å². The number of amides is 2. The van der Waals surface area contributed by atoms with Crippen molar-refractivity contribution in [3.05, 3.63) is 82.1 Å². The molecule has 15 heteroatoms. The molecular weight excluding hydrogens is 655 g/mol. The van der Waals surface area contributed by atoms with E-state index in [9.17, 15) is 22.8 Å². The Kier molecular flexibility index (Phi) is 10.2. The van der Waals surface area contributed by atoms with Gasteiger partial charge < -0.3 is 24.8 Å². The van der Waals surface area contributed by atoms with Crippen LogP contribution >= 0.6 is 27.7 Å². The summed E-state index contributed by atoms with van der Waals surface area (Å²) in [6.07, 6.45) is -4.62. The van der Waals surface area contributed by atoms with Crippen molar-refractivity contribution >= 4 is 45.2 Å². The van der Waals surface area contributed by atoms with Crippen LogP contribution in [0.1, 0.15) is 21.7 Å². The van der Waals surface area contributed by atoms with Crippen LogP contribution in [0, 0.1) is 0 Å². The van der Waals surface area contributed by atoms with Gasteiger partial charge in [0.1, 0.15) is 0 Å². The van der Waals surface area contributed by atoms with E-state index in [4.69, 9.17) is 14.2 Å². The van der Waals surface area contributed by atoms with E-state index in [-0.39, 0.29) is 23.5 Å². The van der Waals surface area contributed by atoms with Gasteiger partial charge in [0.15, 0.2) is 22.5 Å². The predicted octanol–water partition coefficient (Wildman–Crippen LogP) is 5.74. The molecule has 4 aromatic rings. The van der Waals surface area contributed by atoms with Gasteiger partial charge in [-0.2, -0.15) is 13.2 Å². The van der Waals surface area contributed by atoms with E-state index >= 15 is 0 Å². The number of hydrogen-bond acceptors (Lipinski definition) is 8. The van der Waals surface area contributed by atoms with Crippen molar-refractivity contribution in [3.8, 4) is 22.9 Å². The van der Waals surface area contributed by atoms with Crippen molar-refractivity contribution in [1.29, 1.82) is 0 Å². The first-order chi connectivity index (χ1) is 20.5. The fourth-order valence-corrected chi connectivity index (χ4v) is 5.02. The van der Waals surface area contributed by atoms with E-state index in [2.05, 4.69) is 36.8 Å². The first-order valence-corrected chi connectivity index (χ1v) is 14.2. The highest BCUT2D eigenvalue weighted by molar-refractivity contribution is 9.10. The molecule has 0 aliphatic heterocycles. The second kappa shape index (κ2) is 13.8. The molecule has 0 fully saturated rings. The fourth-order valence-electron chi connectivity index (χ4n) is 3.99. The van der Waals surface area contributed by atoms with Gasteiger partial charge in [0.05, 0.1) is 44.9 Å². The Labute approximate surface area is 257 Å². The van der Waals surface area contributed by atoms with Gasteiger partial charge >= 0.3 is 6.18 Å². The average Bonchev–Trinajstić information content (AvgIpc) is 3.40. The summed E-state index contributed by atoms with van der Waals surface area (Å²) in [5, 5.41) is 13.8. The highest BCUT2D eigenvalue weighted by atomic mass is 79.9. The number of hydrogen-bond donors (Lipinski definition) is 2. The molecule has 0 saturated heterocycles. The van der Waals surface area contributed by atoms with Crippen molar-refractivity contribution in [2.45, 2.75) is 17.9 Å². The van der Waals surface area contributed by atoms with Gasteiger partial charge in [-0.3, -0.25) is 14.2 Å². The second-order valence-corrected chi connectivity index (χ2v) is 10.5. The maximum absolute atomic E-state index is 13.3. The Balaban J connectivity index is 1.54. The summed E-state index contributed by atoms with van der Waals surface area (Å²) in [4.78, 5) is 25.7. The van der Waals surface area contributed by atoms with Crippen LogP contribution in [-0.2, 0) is 17.5 Å². The molecule has 2 amide bonds. The summed E-state index contributed by atoms with van der Waals surface area (Å²) in [5.41, 5.74) is -0.410. The van der Waals surface area contributed by atoms with Crippen LogP contribution in [-0.4, -0.2) is 53.7 Å². The molecule has 226 valence electrons. The number of aromatic nitrogens is 3. The molecular formula is C28H25BrF3N5O5S. The Morgan fingerprint density at radius 1 is 0.953 bits per heavy atom. The third-order valence-electron chi connectivity index (χ3n) is 5.96. The Morgan fingerprint density at radius 2 is 1.60 bits per heavy atom. The highest BCUT2D eigenvalue weighted by Crippen LogP contribution is 2.38. The number of para-hydroxylation sites is 1. The van der Waals surface area contributed by atoms with Crippen molar-refractivity contribution in [1.82, 2.24) is 20.1 Å². The molecule has 0 spiro atoms. The smallest absolute Gasteiger partial charge is 0.418 e. The van der Waals surface area contributed by atoms with E-state index in [0.29, 0.717) is 33.9 Å². The van der Waals surface area contributed by atoms with E-state index in [1.165, 1.54) is 51.7 Å². The van der Waals surface area contributed by atoms with E-state index in [0.717, 1.165) is 22.3 Å². The van der Waals surface area contributed by atoms with Crippen molar-refractivity contribution in [2.75, 3.05) is 32.4 Å². The lowest BCUT2D eigenvalue weighted by atomic mass is 10.1. The Morgan fingerprint density at radius 3 is 2.21 bits per heavy atom. The third-order valence-corrected chi connectivity index (χ3v) is 7.42. The summed E-state index contributed by atoms with van der Waals surface area (Å²) < 4.78 is 58.4. The molecule has 10 nitrogen and oxygen atoms in total. The van der Waals surface area contributed by atoms with E-state index in [1.54, 1.807) is 28.8 Å². The first-order valence-electron chi connectivity index (χ1n) is 12.4. The van der Waals surface area contributed by atoms with Crippen LogP contribution in [0.25, 0.3) is 5.69 Å². The zero-order chi connectivity index (χ0) is 31.1. The minimum atomic E-state index is -4.62. The molecule has 0 unspecified atom stereocenters. The summed E-state index contributed by atoms with van der Waals surface area (Å²) in [5.74, 6) is -0.0818. The molecule has 43 heavy (non-hydrogen) atoms. The van der Waals surface area contributed by atoms with Gasteiger partial charge in [0.2, 0.25) is 11.7 Å². The van der Waals surface area contributed by atoms with Crippen LogP contribution in [0.5, 0.6) is 17.2 Å². The minimum Gasteiger partial charge on any atom is -0.493 e. The topological polar surface area (TPSA) is 117 Å². The molecule has 0 radical (unpaired) electrons. The lowest BCUT2D eigenvalue weighted by Crippen LogP contribution is -2.25. The number of thioether (sulfide) groups is 1. The van der Waals surface area contributed by atoms with Crippen molar-refractivity contribution < 1.29 is 37.0 Å². The largest absolute Gasteiger partial charge is 0.493 e. The minimum absolute atomic E-state index is 0.0513. The van der Waals surface area contributed by atoms with Crippen LogP contribution in [0.15, 0.2) is 70.3 Å². The number of halogens is 4. The van der Waals surface area contributed by atoms with Crippen molar-refractivity contribution in [3.63, 3.8) is 0 Å². The standard InChI is InChI=1S/C28H25BrF3N5O5S/c1-40-21-12-16(13-22(41-2)25(21)42-3)26(39)33-14-23-35-36-27(37(23)18-10-8-17(29)9-11-18)43-15-24(38)34-20-7-5-4-6-19(20)28(30,31)32/h4-13H,14-15H2,1-3H3,(H,33,39)(H,34,38). The number of carbonyl (C=O) groups excluding carboxylic acids is 2. The Hall–Kier alpha value is -4.24. The van der Waals surface area contributed by atoms with Gasteiger partial charge in [0, 0.05) is 15.7 Å². The van der Waals surface area contributed by atoms with Crippen LogP contribution in [0.3, 0.4) is 0 Å². The number of benzene rings is 3.